The molecule has 1 aromatic carbocycles. The van der Waals surface area contributed by atoms with E-state index in [9.17, 15) is 0 Å². The Morgan fingerprint density at radius 1 is 1.15 bits per heavy atom. The molecule has 1 atom stereocenters. The summed E-state index contributed by atoms with van der Waals surface area (Å²) in [6.07, 6.45) is 1.17. The van der Waals surface area contributed by atoms with Gasteiger partial charge in [0.2, 0.25) is 0 Å². The highest BCUT2D eigenvalue weighted by molar-refractivity contribution is 5.43. The number of rotatable bonds is 4. The highest BCUT2D eigenvalue weighted by atomic mass is 14.9. The normalized spacial score (nSPS) is 12.9. The molecule has 0 amide bonds. The Morgan fingerprint density at radius 3 is 2.23 bits per heavy atom. The summed E-state index contributed by atoms with van der Waals surface area (Å²) in [6, 6.07) is 11.0. The highest BCUT2D eigenvalue weighted by Gasteiger charge is 2.09. The summed E-state index contributed by atoms with van der Waals surface area (Å²) in [7, 11) is 0. The predicted octanol–water partition coefficient (Wildman–Crippen LogP) is 3.53. The van der Waals surface area contributed by atoms with Crippen LogP contribution in [0, 0.1) is 5.92 Å². The minimum absolute atomic E-state index is 0.586. The predicted molar refractivity (Wildman–Crippen MR) is 59.0 cm³/mol. The maximum absolute atomic E-state index is 3.53. The Balaban J connectivity index is 2.57. The van der Waals surface area contributed by atoms with Crippen LogP contribution >= 0.6 is 0 Å². The third kappa shape index (κ3) is 3.10. The molecule has 0 aliphatic rings. The number of nitrogens with one attached hydrogen (secondary N) is 1. The molecule has 0 saturated heterocycles. The lowest BCUT2D eigenvalue weighted by atomic mass is 10.0. The van der Waals surface area contributed by atoms with Crippen molar-refractivity contribution >= 4 is 5.69 Å². The first kappa shape index (κ1) is 10.1. The number of hydrogen-bond acceptors (Lipinski definition) is 1. The molecule has 0 fully saturated rings. The van der Waals surface area contributed by atoms with E-state index >= 15 is 0 Å². The van der Waals surface area contributed by atoms with Crippen LogP contribution in [0.25, 0.3) is 0 Å². The van der Waals surface area contributed by atoms with E-state index in [0.717, 1.165) is 0 Å². The lowest BCUT2D eigenvalue weighted by Crippen LogP contribution is -2.24. The van der Waals surface area contributed by atoms with E-state index in [1.807, 2.05) is 6.07 Å². The minimum atomic E-state index is 0.586. The van der Waals surface area contributed by atoms with E-state index in [1.54, 1.807) is 0 Å². The largest absolute Gasteiger partial charge is 0.382 e. The average Bonchev–Trinajstić information content (AvgIpc) is 2.15. The van der Waals surface area contributed by atoms with Crippen LogP contribution in [0.15, 0.2) is 30.3 Å². The van der Waals surface area contributed by atoms with Crippen LogP contribution in [0.4, 0.5) is 5.69 Å². The van der Waals surface area contributed by atoms with Crippen molar-refractivity contribution in [2.75, 3.05) is 5.32 Å². The van der Waals surface area contributed by atoms with Gasteiger partial charge < -0.3 is 5.32 Å². The lowest BCUT2D eigenvalue weighted by molar-refractivity contribution is 0.511. The smallest absolute Gasteiger partial charge is 0.0342 e. The van der Waals surface area contributed by atoms with Gasteiger partial charge in [-0.1, -0.05) is 39.0 Å². The zero-order valence-corrected chi connectivity index (χ0v) is 8.75. The van der Waals surface area contributed by atoms with Crippen LogP contribution < -0.4 is 5.32 Å². The number of para-hydroxylation sites is 1. The molecule has 0 bridgehead atoms. The molecule has 0 saturated carbocycles. The van der Waals surface area contributed by atoms with E-state index in [0.29, 0.717) is 12.0 Å². The summed E-state index contributed by atoms with van der Waals surface area (Å²) < 4.78 is 0. The summed E-state index contributed by atoms with van der Waals surface area (Å²) in [5.74, 6) is 0.685. The van der Waals surface area contributed by atoms with E-state index in [2.05, 4.69) is 50.4 Å². The first-order valence-electron chi connectivity index (χ1n) is 5.05. The van der Waals surface area contributed by atoms with Crippen molar-refractivity contribution in [3.8, 4) is 0 Å². The van der Waals surface area contributed by atoms with Gasteiger partial charge in [-0.05, 0) is 24.5 Å². The number of benzene rings is 1. The van der Waals surface area contributed by atoms with Crippen LogP contribution in [0.2, 0.25) is 0 Å². The quantitative estimate of drug-likeness (QED) is 0.741. The minimum Gasteiger partial charge on any atom is -0.382 e. The molecule has 1 heteroatoms. The fraction of sp³-hybridized carbons (Fsp3) is 0.500. The topological polar surface area (TPSA) is 12.0 Å². The van der Waals surface area contributed by atoms with Crippen molar-refractivity contribution in [2.45, 2.75) is 33.2 Å². The van der Waals surface area contributed by atoms with Gasteiger partial charge in [0.25, 0.3) is 0 Å². The summed E-state index contributed by atoms with van der Waals surface area (Å²) in [5.41, 5.74) is 1.23. The molecule has 1 N–H and O–H groups in total. The van der Waals surface area contributed by atoms with Gasteiger partial charge in [0.1, 0.15) is 0 Å². The van der Waals surface area contributed by atoms with Gasteiger partial charge in [-0.2, -0.15) is 0 Å². The van der Waals surface area contributed by atoms with Crippen LogP contribution in [-0.2, 0) is 0 Å². The maximum atomic E-state index is 3.53. The molecular weight excluding hydrogens is 158 g/mol. The maximum Gasteiger partial charge on any atom is 0.0342 e. The number of hydrogen-bond donors (Lipinski definition) is 1. The van der Waals surface area contributed by atoms with E-state index in [4.69, 9.17) is 0 Å². The molecule has 1 rings (SSSR count). The summed E-state index contributed by atoms with van der Waals surface area (Å²) >= 11 is 0. The van der Waals surface area contributed by atoms with Gasteiger partial charge in [-0.15, -0.1) is 0 Å². The fourth-order valence-corrected chi connectivity index (χ4v) is 1.49. The Labute approximate surface area is 81.2 Å². The van der Waals surface area contributed by atoms with E-state index in [-0.39, 0.29) is 0 Å². The van der Waals surface area contributed by atoms with Crippen LogP contribution in [-0.4, -0.2) is 6.04 Å². The van der Waals surface area contributed by atoms with Gasteiger partial charge >= 0.3 is 0 Å². The van der Waals surface area contributed by atoms with Gasteiger partial charge in [0, 0.05) is 11.7 Å². The molecule has 0 heterocycles. The van der Waals surface area contributed by atoms with Crippen molar-refractivity contribution in [2.24, 2.45) is 5.92 Å². The molecule has 0 radical (unpaired) electrons. The molecule has 1 unspecified atom stereocenters. The van der Waals surface area contributed by atoms with Gasteiger partial charge in [0.15, 0.2) is 0 Å². The fourth-order valence-electron chi connectivity index (χ4n) is 1.49. The van der Waals surface area contributed by atoms with Crippen molar-refractivity contribution in [3.05, 3.63) is 30.3 Å². The molecule has 13 heavy (non-hydrogen) atoms. The standard InChI is InChI=1S/C12H19N/c1-4-12(10(2)3)13-11-8-6-5-7-9-11/h5-10,12-13H,4H2,1-3H3. The molecule has 0 aliphatic heterocycles. The van der Waals surface area contributed by atoms with E-state index in [1.165, 1.54) is 12.1 Å². The second-order valence-corrected chi connectivity index (χ2v) is 3.77. The van der Waals surface area contributed by atoms with Gasteiger partial charge in [0.05, 0.1) is 0 Å². The molecule has 0 aromatic heterocycles. The third-order valence-corrected chi connectivity index (χ3v) is 2.37. The van der Waals surface area contributed by atoms with Crippen LogP contribution in [0.1, 0.15) is 27.2 Å². The molecular formula is C12H19N. The monoisotopic (exact) mass is 177 g/mol. The zero-order chi connectivity index (χ0) is 9.68. The summed E-state index contributed by atoms with van der Waals surface area (Å²) in [4.78, 5) is 0. The van der Waals surface area contributed by atoms with Crippen molar-refractivity contribution in [1.29, 1.82) is 0 Å². The van der Waals surface area contributed by atoms with Crippen LogP contribution in [0.5, 0.6) is 0 Å². The zero-order valence-electron chi connectivity index (χ0n) is 8.75. The first-order chi connectivity index (χ1) is 6.24. The van der Waals surface area contributed by atoms with Crippen molar-refractivity contribution in [3.63, 3.8) is 0 Å². The molecule has 1 aromatic rings. The molecule has 72 valence electrons. The second-order valence-electron chi connectivity index (χ2n) is 3.77. The Bertz CT molecular complexity index is 228. The second kappa shape index (κ2) is 4.90. The average molecular weight is 177 g/mol. The van der Waals surface area contributed by atoms with Gasteiger partial charge in [-0.25, -0.2) is 0 Å². The van der Waals surface area contributed by atoms with Crippen molar-refractivity contribution in [1.82, 2.24) is 0 Å². The summed E-state index contributed by atoms with van der Waals surface area (Å²) in [6.45, 7) is 6.73. The Morgan fingerprint density at radius 2 is 1.77 bits per heavy atom. The van der Waals surface area contributed by atoms with E-state index < -0.39 is 0 Å². The van der Waals surface area contributed by atoms with Crippen molar-refractivity contribution < 1.29 is 0 Å². The highest BCUT2D eigenvalue weighted by Crippen LogP contribution is 2.14. The number of anilines is 1. The SMILES string of the molecule is CCC(Nc1ccccc1)C(C)C. The summed E-state index contributed by atoms with van der Waals surface area (Å²) in [5, 5.41) is 3.53. The molecule has 1 nitrogen and oxygen atoms in total. The lowest BCUT2D eigenvalue weighted by Gasteiger charge is -2.21. The third-order valence-electron chi connectivity index (χ3n) is 2.37. The Hall–Kier alpha value is -0.980. The molecule has 0 spiro atoms. The Kier molecular flexibility index (Phi) is 3.81. The first-order valence-corrected chi connectivity index (χ1v) is 5.05. The van der Waals surface area contributed by atoms with Gasteiger partial charge in [-0.3, -0.25) is 0 Å². The van der Waals surface area contributed by atoms with Crippen LogP contribution in [0.3, 0.4) is 0 Å². The molecule has 0 aliphatic carbocycles.